The quantitative estimate of drug-likeness (QED) is 0.0170. The highest BCUT2D eigenvalue weighted by atomic mass is 32.2. The van der Waals surface area contributed by atoms with Crippen LogP contribution in [0.4, 0.5) is 21.4 Å². The second-order valence-electron chi connectivity index (χ2n) is 25.8. The van der Waals surface area contributed by atoms with Crippen LogP contribution in [0.5, 0.6) is 5.75 Å². The third-order valence-electron chi connectivity index (χ3n) is 18.1. The number of nitrogens with one attached hydrogen (secondary N) is 3. The molecule has 7 N–H and O–H groups in total. The molecule has 2 bridgehead atoms. The lowest BCUT2D eigenvalue weighted by molar-refractivity contribution is -0.238. The molecule has 4 aliphatic rings. The smallest absolute Gasteiger partial charge is 0.409 e. The van der Waals surface area contributed by atoms with Gasteiger partial charge in [-0.25, -0.2) is 24.4 Å². The molecule has 5 heterocycles. The second kappa shape index (κ2) is 30.6. The molecule has 7 unspecified atom stereocenters. The first-order chi connectivity index (χ1) is 45.5. The van der Waals surface area contributed by atoms with E-state index in [0.29, 0.717) is 96.6 Å². The number of rotatable bonds is 29. The van der Waals surface area contributed by atoms with Crippen molar-refractivity contribution in [1.29, 1.82) is 0 Å². The van der Waals surface area contributed by atoms with Gasteiger partial charge in [-0.05, 0) is 133 Å². The number of aromatic nitrogens is 4. The van der Waals surface area contributed by atoms with E-state index in [1.165, 1.54) is 39.4 Å². The lowest BCUT2D eigenvalue weighted by Gasteiger charge is -2.35. The van der Waals surface area contributed by atoms with Crippen LogP contribution >= 0.6 is 11.3 Å². The fraction of sp³-hybridized carbons (Fsp3) is 0.464. The molecule has 2 aliphatic carbocycles. The second-order valence-corrected chi connectivity index (χ2v) is 28.3. The van der Waals surface area contributed by atoms with Gasteiger partial charge in [-0.3, -0.25) is 28.6 Å². The average Bonchev–Trinajstić information content (AvgIpc) is 1.60. The third-order valence-corrected chi connectivity index (χ3v) is 20.1. The van der Waals surface area contributed by atoms with E-state index < -0.39 is 59.3 Å². The highest BCUT2D eigenvalue weighted by Crippen LogP contribution is 2.61. The van der Waals surface area contributed by atoms with E-state index in [2.05, 4.69) is 54.4 Å². The number of aromatic carboxylic acids is 1. The van der Waals surface area contributed by atoms with Gasteiger partial charge >= 0.3 is 18.0 Å². The number of carbonyl (C=O) groups is 6. The van der Waals surface area contributed by atoms with Crippen molar-refractivity contribution in [2.24, 2.45) is 16.7 Å². The predicted octanol–water partition coefficient (Wildman–Crippen LogP) is 9.39. The zero-order valence-electron chi connectivity index (χ0n) is 54.0. The maximum absolute atomic E-state index is 13.8. The number of aliphatic carboxylic acids is 1. The van der Waals surface area contributed by atoms with Crippen LogP contribution in [0.3, 0.4) is 0 Å². The van der Waals surface area contributed by atoms with Crippen molar-refractivity contribution >= 4 is 84.7 Å². The normalized spacial score (nSPS) is 21.7. The lowest BCUT2D eigenvalue weighted by atomic mass is 9.75. The Morgan fingerprint density at radius 2 is 1.78 bits per heavy atom. The number of aliphatic hydroxyl groups is 2. The van der Waals surface area contributed by atoms with E-state index in [1.54, 1.807) is 31.4 Å². The Morgan fingerprint density at radius 1 is 0.968 bits per heavy atom. The van der Waals surface area contributed by atoms with Gasteiger partial charge in [-0.2, -0.15) is 5.10 Å². The molecule has 3 aromatic carbocycles. The van der Waals surface area contributed by atoms with Crippen LogP contribution in [0, 0.1) is 23.7 Å². The molecule has 2 fully saturated rings. The number of ether oxygens (including phenoxy) is 4. The van der Waals surface area contributed by atoms with Gasteiger partial charge in [0.05, 0.1) is 40.9 Å². The van der Waals surface area contributed by atoms with Crippen LogP contribution in [0.1, 0.15) is 128 Å². The first kappa shape index (κ1) is 69.4. The summed E-state index contributed by atoms with van der Waals surface area (Å²) < 4.78 is 38.2. The number of unbranched alkanes of at least 4 members (excludes halogenated alkanes) is 2. The molecule has 26 heteroatoms. The molecule has 10 rings (SSSR count). The summed E-state index contributed by atoms with van der Waals surface area (Å²) >= 11 is 1.41. The number of thiazole rings is 1. The number of anilines is 3. The molecular formula is C69H83N9O15S2. The summed E-state index contributed by atoms with van der Waals surface area (Å²) in [6.07, 6.45) is 2.42. The summed E-state index contributed by atoms with van der Waals surface area (Å²) in [6, 6.07) is 21.5. The van der Waals surface area contributed by atoms with E-state index in [1.807, 2.05) is 59.0 Å². The van der Waals surface area contributed by atoms with Crippen molar-refractivity contribution in [1.82, 2.24) is 30.0 Å². The Kier molecular flexibility index (Phi) is 22.3. The topological polar surface area (TPSA) is 324 Å². The Labute approximate surface area is 557 Å². The molecular weight excluding hydrogens is 1260 g/mol. The number of nitrogens with zero attached hydrogens (tertiary/aromatic N) is 6. The number of carboxylic acid groups (broad SMARTS) is 2. The number of hydrogen-bond acceptors (Lipinski definition) is 18. The molecule has 95 heavy (non-hydrogen) atoms. The van der Waals surface area contributed by atoms with Gasteiger partial charge < -0.3 is 59.8 Å². The molecule has 4 amide bonds. The predicted molar refractivity (Wildman–Crippen MR) is 358 cm³/mol. The van der Waals surface area contributed by atoms with E-state index in [0.717, 1.165) is 46.3 Å². The number of benzene rings is 3. The number of para-hydroxylation sites is 1. The maximum Gasteiger partial charge on any atom is 0.409 e. The number of allylic oxidation sites excluding steroid dienone is 1. The average molecular weight is 1340 g/mol. The Bertz CT molecular complexity index is 3880. The van der Waals surface area contributed by atoms with Crippen LogP contribution in [0.25, 0.3) is 21.3 Å². The Hall–Kier alpha value is -8.40. The fourth-order valence-electron chi connectivity index (χ4n) is 13.6. The van der Waals surface area contributed by atoms with Crippen molar-refractivity contribution in [2.45, 2.75) is 149 Å². The zero-order chi connectivity index (χ0) is 67.7. The summed E-state index contributed by atoms with van der Waals surface area (Å²) in [5, 5.41) is 56.7. The van der Waals surface area contributed by atoms with Gasteiger partial charge in [-0.1, -0.05) is 87.1 Å². The number of amides is 4. The first-order valence-corrected chi connectivity index (χ1v) is 34.3. The SMILES string of the molecule is C=CS(=O)CCCCCC(=O)NCCC(=O)Nc1cc(COC(=O)N(C)CCOC2C=C3CC(Cn4ncc(-c5ccc(N6CCc7cccc(C(=O)Nc8nc9ccccc9s8)c7C6)nc5C(=O)O)c4C)(C2)CC3(C)CC(C)C)ccc1OC1OC(C(=O)O)CC(O)[C@H]1O. The van der Waals surface area contributed by atoms with Crippen LogP contribution in [0.2, 0.25) is 0 Å². The van der Waals surface area contributed by atoms with Crippen molar-refractivity contribution in [2.75, 3.05) is 54.6 Å². The van der Waals surface area contributed by atoms with Crippen LogP contribution in [-0.2, 0) is 65.5 Å². The molecule has 0 spiro atoms. The molecule has 1 saturated heterocycles. The number of likely N-dealkylation sites (N-methyl/N-ethyl adjacent to an activating group) is 1. The molecule has 1 saturated carbocycles. The largest absolute Gasteiger partial charge is 0.479 e. The number of fused-ring (bicyclic) bond motifs is 4. The van der Waals surface area contributed by atoms with E-state index >= 15 is 0 Å². The third kappa shape index (κ3) is 17.0. The molecule has 2 aliphatic heterocycles. The first-order valence-electron chi connectivity index (χ1n) is 32.1. The van der Waals surface area contributed by atoms with Gasteiger partial charge in [0.2, 0.25) is 18.1 Å². The maximum atomic E-state index is 13.8. The molecule has 8 atom stereocenters. The number of hydrogen-bond donors (Lipinski definition) is 7. The Balaban J connectivity index is 0.762. The number of carbonyl (C=O) groups excluding carboxylic acids is 4. The molecule has 24 nitrogen and oxygen atoms in total. The Morgan fingerprint density at radius 3 is 2.55 bits per heavy atom. The highest BCUT2D eigenvalue weighted by Gasteiger charge is 2.53. The highest BCUT2D eigenvalue weighted by molar-refractivity contribution is 7.87. The monoisotopic (exact) mass is 1340 g/mol. The summed E-state index contributed by atoms with van der Waals surface area (Å²) in [6.45, 7) is 13.8. The van der Waals surface area contributed by atoms with Gasteiger partial charge in [0, 0.05) is 98.0 Å². The molecule has 3 aromatic heterocycles. The summed E-state index contributed by atoms with van der Waals surface area (Å²) in [5.41, 5.74) is 6.42. The van der Waals surface area contributed by atoms with Crippen molar-refractivity contribution < 1.29 is 72.3 Å². The van der Waals surface area contributed by atoms with Crippen molar-refractivity contribution in [3.63, 3.8) is 0 Å². The fourth-order valence-corrected chi connectivity index (χ4v) is 15.1. The summed E-state index contributed by atoms with van der Waals surface area (Å²) in [7, 11) is 0.491. The molecule has 506 valence electrons. The van der Waals surface area contributed by atoms with Gasteiger partial charge in [0.1, 0.15) is 24.3 Å². The number of pyridine rings is 1. The molecule has 6 aromatic rings. The summed E-state index contributed by atoms with van der Waals surface area (Å²) in [4.78, 5) is 90.9. The minimum atomic E-state index is -1.64. The minimum absolute atomic E-state index is 0.000377. The van der Waals surface area contributed by atoms with Crippen molar-refractivity contribution in [3.8, 4) is 16.9 Å². The lowest BCUT2D eigenvalue weighted by Crippen LogP contribution is -2.52. The standard InChI is InChI=1S/C69H83N9O15S2/c1-7-95(89)29-12-8-9-18-58(80)70-25-23-59(81)72-52-30-43(19-21-54(52)92-65-61(82)53(79)32-55(93-65)63(84)85)38-91-67(88)76(6)27-28-90-46-31-45-34-69(35-46,39-68(45,5)33-41(2)3)40-78-42(4)49(36-71-78)47-20-22-57(74-60(47)64(86)87)77-26-24-44-14-13-15-48(50(44)37-77)62(83)75-66-73-51-16-10-11-17-56(51)94-66/h7,10-11,13-17,19-22,30-31,36,41,46,53,55,61,65,79,82H,1,8-9,12,18,23-29,32-35,37-40H2,2-6H3,(H,70,80)(H,72,81)(H,84,85)(H,86,87)(H,73,75,83)/t46?,53?,55?,61-,65?,68?,69?,95?/m1/s1. The van der Waals surface area contributed by atoms with E-state index in [-0.39, 0.29) is 91.4 Å². The zero-order valence-corrected chi connectivity index (χ0v) is 55.7. The van der Waals surface area contributed by atoms with Gasteiger partial charge in [-0.15, -0.1) is 0 Å². The van der Waals surface area contributed by atoms with Gasteiger partial charge in [0.15, 0.2) is 16.9 Å². The van der Waals surface area contributed by atoms with E-state index in [9.17, 15) is 53.4 Å². The molecule has 0 radical (unpaired) electrons. The number of carboxylic acids is 2. The van der Waals surface area contributed by atoms with Crippen molar-refractivity contribution in [3.05, 3.63) is 136 Å². The van der Waals surface area contributed by atoms with Crippen LogP contribution in [0.15, 0.2) is 103 Å². The van der Waals surface area contributed by atoms with E-state index in [4.69, 9.17) is 29.0 Å². The van der Waals surface area contributed by atoms with Gasteiger partial charge in [0.25, 0.3) is 5.91 Å². The number of aliphatic hydroxyl groups excluding tert-OH is 2. The summed E-state index contributed by atoms with van der Waals surface area (Å²) in [5.74, 6) is -2.29. The van der Waals surface area contributed by atoms with Crippen LogP contribution in [-0.4, -0.2) is 155 Å². The minimum Gasteiger partial charge on any atom is -0.479 e. The van der Waals surface area contributed by atoms with Crippen LogP contribution < -0.4 is 25.6 Å².